The number of hydrogen-bond donors (Lipinski definition) is 2. The van der Waals surface area contributed by atoms with Crippen molar-refractivity contribution in [3.63, 3.8) is 0 Å². The molecule has 1 aliphatic heterocycles. The molecular formula is C13H17N3O. The molecule has 4 nitrogen and oxygen atoms in total. The minimum atomic E-state index is -0.413. The number of aliphatic hydroxyl groups is 1. The van der Waals surface area contributed by atoms with E-state index in [1.807, 2.05) is 0 Å². The maximum atomic E-state index is 9.95. The molecule has 2 atom stereocenters. The molecule has 2 aliphatic rings. The summed E-state index contributed by atoms with van der Waals surface area (Å²) >= 11 is 0. The van der Waals surface area contributed by atoms with Crippen LogP contribution in [0.3, 0.4) is 0 Å². The predicted molar refractivity (Wildman–Crippen MR) is 65.5 cm³/mol. The van der Waals surface area contributed by atoms with E-state index in [4.69, 9.17) is 0 Å². The summed E-state index contributed by atoms with van der Waals surface area (Å²) in [4.78, 5) is 8.68. The topological polar surface area (TPSA) is 58.0 Å². The molecule has 0 saturated carbocycles. The van der Waals surface area contributed by atoms with Gasteiger partial charge in [-0.1, -0.05) is 13.0 Å². The molecule has 0 fully saturated rings. The molecule has 0 spiro atoms. The Balaban J connectivity index is 2.09. The second-order valence-electron chi connectivity index (χ2n) is 4.86. The van der Waals surface area contributed by atoms with Gasteiger partial charge in [0.05, 0.1) is 17.5 Å². The van der Waals surface area contributed by atoms with Crippen molar-refractivity contribution in [1.29, 1.82) is 0 Å². The largest absolute Gasteiger partial charge is 0.387 e. The second-order valence-corrected chi connectivity index (χ2v) is 4.86. The molecular weight excluding hydrogens is 214 g/mol. The fourth-order valence-corrected chi connectivity index (χ4v) is 2.82. The lowest BCUT2D eigenvalue weighted by atomic mass is 9.96. The van der Waals surface area contributed by atoms with Gasteiger partial charge in [-0.15, -0.1) is 0 Å². The fourth-order valence-electron chi connectivity index (χ4n) is 2.82. The van der Waals surface area contributed by atoms with E-state index in [1.54, 1.807) is 6.33 Å². The molecule has 2 heterocycles. The van der Waals surface area contributed by atoms with Gasteiger partial charge in [-0.3, -0.25) is 0 Å². The van der Waals surface area contributed by atoms with Gasteiger partial charge in [0.25, 0.3) is 0 Å². The third kappa shape index (κ3) is 1.77. The Labute approximate surface area is 101 Å². The summed E-state index contributed by atoms with van der Waals surface area (Å²) in [7, 11) is 0. The monoisotopic (exact) mass is 231 g/mol. The summed E-state index contributed by atoms with van der Waals surface area (Å²) in [6, 6.07) is 0. The quantitative estimate of drug-likeness (QED) is 0.767. The molecule has 17 heavy (non-hydrogen) atoms. The van der Waals surface area contributed by atoms with Gasteiger partial charge < -0.3 is 10.4 Å². The van der Waals surface area contributed by atoms with Crippen molar-refractivity contribution in [2.24, 2.45) is 0 Å². The van der Waals surface area contributed by atoms with Crippen LogP contribution >= 0.6 is 0 Å². The number of rotatable bonds is 1. The maximum Gasteiger partial charge on any atom is 0.116 e. The summed E-state index contributed by atoms with van der Waals surface area (Å²) in [6.45, 7) is 4.05. The standard InChI is InChI=1S/C13H17N3O/c1-8-6-10(17)13-11(8)12(15-7-16-13)9-2-4-14-5-3-9/h2,7-8,10,14,17H,3-6H2,1H3/t8-,10-/m1/s1. The average molecular weight is 231 g/mol. The van der Waals surface area contributed by atoms with E-state index in [0.717, 1.165) is 42.9 Å². The molecule has 1 aromatic rings. The Kier molecular flexibility index (Phi) is 2.68. The van der Waals surface area contributed by atoms with Crippen molar-refractivity contribution in [2.45, 2.75) is 31.8 Å². The van der Waals surface area contributed by atoms with Gasteiger partial charge in [0.15, 0.2) is 0 Å². The summed E-state index contributed by atoms with van der Waals surface area (Å²) < 4.78 is 0. The highest BCUT2D eigenvalue weighted by Crippen LogP contribution is 2.41. The number of nitrogens with zero attached hydrogens (tertiary/aromatic N) is 2. The first-order valence-corrected chi connectivity index (χ1v) is 6.20. The lowest BCUT2D eigenvalue weighted by Gasteiger charge is -2.17. The Bertz CT molecular complexity index is 470. The van der Waals surface area contributed by atoms with Crippen LogP contribution in [0, 0.1) is 0 Å². The van der Waals surface area contributed by atoms with Crippen molar-refractivity contribution in [1.82, 2.24) is 15.3 Å². The first-order valence-electron chi connectivity index (χ1n) is 6.20. The van der Waals surface area contributed by atoms with Crippen molar-refractivity contribution < 1.29 is 5.11 Å². The van der Waals surface area contributed by atoms with Crippen LogP contribution in [0.25, 0.3) is 5.57 Å². The molecule has 4 heteroatoms. The third-order valence-corrected chi connectivity index (χ3v) is 3.67. The first kappa shape index (κ1) is 10.9. The SMILES string of the molecule is C[C@@H]1C[C@@H](O)c2ncnc(C3=CCNCC3)c21. The molecule has 0 amide bonds. The first-order chi connectivity index (χ1) is 8.27. The second kappa shape index (κ2) is 4.20. The lowest BCUT2D eigenvalue weighted by Crippen LogP contribution is -2.21. The van der Waals surface area contributed by atoms with Gasteiger partial charge in [-0.2, -0.15) is 0 Å². The van der Waals surface area contributed by atoms with Crippen molar-refractivity contribution in [3.8, 4) is 0 Å². The van der Waals surface area contributed by atoms with Crippen LogP contribution in [0.2, 0.25) is 0 Å². The Morgan fingerprint density at radius 1 is 1.41 bits per heavy atom. The molecule has 90 valence electrons. The van der Waals surface area contributed by atoms with Crippen molar-refractivity contribution in [2.75, 3.05) is 13.1 Å². The Morgan fingerprint density at radius 2 is 2.29 bits per heavy atom. The number of aliphatic hydroxyl groups excluding tert-OH is 1. The summed E-state index contributed by atoms with van der Waals surface area (Å²) in [5, 5.41) is 13.3. The molecule has 0 bridgehead atoms. The smallest absolute Gasteiger partial charge is 0.116 e. The summed E-state index contributed by atoms with van der Waals surface area (Å²) in [5.41, 5.74) is 4.35. The molecule has 0 aromatic carbocycles. The highest BCUT2D eigenvalue weighted by molar-refractivity contribution is 5.68. The lowest BCUT2D eigenvalue weighted by molar-refractivity contribution is 0.170. The zero-order chi connectivity index (χ0) is 11.8. The molecule has 2 N–H and O–H groups in total. The minimum absolute atomic E-state index is 0.354. The molecule has 0 unspecified atom stereocenters. The van der Waals surface area contributed by atoms with Crippen LogP contribution in [0.1, 0.15) is 48.7 Å². The van der Waals surface area contributed by atoms with E-state index in [-0.39, 0.29) is 0 Å². The average Bonchev–Trinajstić information content (AvgIpc) is 2.66. The van der Waals surface area contributed by atoms with Crippen LogP contribution in [-0.4, -0.2) is 28.2 Å². The zero-order valence-electron chi connectivity index (χ0n) is 9.98. The van der Waals surface area contributed by atoms with E-state index >= 15 is 0 Å². The zero-order valence-corrected chi connectivity index (χ0v) is 9.98. The van der Waals surface area contributed by atoms with Crippen LogP contribution in [0.4, 0.5) is 0 Å². The molecule has 0 saturated heterocycles. The number of nitrogens with one attached hydrogen (secondary N) is 1. The highest BCUT2D eigenvalue weighted by atomic mass is 16.3. The van der Waals surface area contributed by atoms with Gasteiger partial charge in [-0.05, 0) is 30.9 Å². The highest BCUT2D eigenvalue weighted by Gasteiger charge is 2.31. The van der Waals surface area contributed by atoms with Crippen LogP contribution in [-0.2, 0) is 0 Å². The third-order valence-electron chi connectivity index (χ3n) is 3.67. The van der Waals surface area contributed by atoms with Crippen LogP contribution in [0.5, 0.6) is 0 Å². The molecule has 1 aliphatic carbocycles. The van der Waals surface area contributed by atoms with E-state index in [0.29, 0.717) is 5.92 Å². The van der Waals surface area contributed by atoms with Crippen molar-refractivity contribution >= 4 is 5.57 Å². The minimum Gasteiger partial charge on any atom is -0.387 e. The summed E-state index contributed by atoms with van der Waals surface area (Å²) in [6.07, 6.45) is 5.14. The summed E-state index contributed by atoms with van der Waals surface area (Å²) in [5.74, 6) is 0.354. The van der Waals surface area contributed by atoms with E-state index in [2.05, 4.69) is 28.3 Å². The van der Waals surface area contributed by atoms with Crippen molar-refractivity contribution in [3.05, 3.63) is 29.4 Å². The van der Waals surface area contributed by atoms with Crippen LogP contribution < -0.4 is 5.32 Å². The van der Waals surface area contributed by atoms with E-state index < -0.39 is 6.10 Å². The van der Waals surface area contributed by atoms with Gasteiger partial charge >= 0.3 is 0 Å². The molecule has 1 aromatic heterocycles. The Morgan fingerprint density at radius 3 is 3.06 bits per heavy atom. The Hall–Kier alpha value is -1.26. The normalized spacial score (nSPS) is 27.8. The maximum absolute atomic E-state index is 9.95. The number of hydrogen-bond acceptors (Lipinski definition) is 4. The number of aromatic nitrogens is 2. The van der Waals surface area contributed by atoms with Gasteiger partial charge in [0.2, 0.25) is 0 Å². The predicted octanol–water partition coefficient (Wildman–Crippen LogP) is 1.39. The molecule has 0 radical (unpaired) electrons. The number of fused-ring (bicyclic) bond motifs is 1. The van der Waals surface area contributed by atoms with E-state index in [9.17, 15) is 5.11 Å². The van der Waals surface area contributed by atoms with E-state index in [1.165, 1.54) is 5.57 Å². The molecule has 3 rings (SSSR count). The van der Waals surface area contributed by atoms with Crippen LogP contribution in [0.15, 0.2) is 12.4 Å². The van der Waals surface area contributed by atoms with Gasteiger partial charge in [0.1, 0.15) is 6.33 Å². The fraction of sp³-hybridized carbons (Fsp3) is 0.538. The van der Waals surface area contributed by atoms with Gasteiger partial charge in [-0.25, -0.2) is 9.97 Å². The van der Waals surface area contributed by atoms with Gasteiger partial charge in [0, 0.05) is 12.1 Å².